The molecule has 7 heteroatoms. The van der Waals surface area contributed by atoms with E-state index in [4.69, 9.17) is 33.3 Å². The van der Waals surface area contributed by atoms with Gasteiger partial charge in [0.25, 0.3) is 0 Å². The summed E-state index contributed by atoms with van der Waals surface area (Å²) in [6.07, 6.45) is 0. The van der Waals surface area contributed by atoms with Crippen molar-refractivity contribution in [1.82, 2.24) is 0 Å². The second-order valence-corrected chi connectivity index (χ2v) is 6.00. The number of thiocarbonyl (C=S) groups is 1. The lowest BCUT2D eigenvalue weighted by atomic mass is 10.3. The Morgan fingerprint density at radius 3 is 2.71 bits per heavy atom. The number of hydrogen-bond donors (Lipinski definition) is 2. The second-order valence-electron chi connectivity index (χ2n) is 4.27. The summed E-state index contributed by atoms with van der Waals surface area (Å²) in [5.41, 5.74) is 1.54. The van der Waals surface area contributed by atoms with Crippen LogP contribution in [0.5, 0.6) is 11.5 Å². The number of rotatable bonds is 2. The molecule has 108 valence electrons. The van der Waals surface area contributed by atoms with Crippen molar-refractivity contribution in [3.8, 4) is 11.5 Å². The Labute approximate surface area is 140 Å². The van der Waals surface area contributed by atoms with E-state index < -0.39 is 0 Å². The Morgan fingerprint density at radius 1 is 1.10 bits per heavy atom. The van der Waals surface area contributed by atoms with E-state index in [-0.39, 0.29) is 6.79 Å². The first kappa shape index (κ1) is 14.4. The summed E-state index contributed by atoms with van der Waals surface area (Å²) in [6.45, 7) is 0.246. The zero-order chi connectivity index (χ0) is 14.8. The molecule has 0 saturated carbocycles. The maximum absolute atomic E-state index is 6.14. The van der Waals surface area contributed by atoms with Gasteiger partial charge in [0.2, 0.25) is 6.79 Å². The number of hydrogen-bond acceptors (Lipinski definition) is 3. The van der Waals surface area contributed by atoms with Crippen molar-refractivity contribution in [1.29, 1.82) is 0 Å². The summed E-state index contributed by atoms with van der Waals surface area (Å²) in [4.78, 5) is 0. The van der Waals surface area contributed by atoms with Crippen LogP contribution >= 0.6 is 39.7 Å². The molecule has 0 radical (unpaired) electrons. The van der Waals surface area contributed by atoms with Gasteiger partial charge in [-0.25, -0.2) is 0 Å². The fourth-order valence-electron chi connectivity index (χ4n) is 1.85. The summed E-state index contributed by atoms with van der Waals surface area (Å²) in [5.74, 6) is 1.43. The lowest BCUT2D eigenvalue weighted by Crippen LogP contribution is -2.19. The predicted molar refractivity (Wildman–Crippen MR) is 91.6 cm³/mol. The lowest BCUT2D eigenvalue weighted by Gasteiger charge is -2.12. The van der Waals surface area contributed by atoms with Gasteiger partial charge in [-0.15, -0.1) is 0 Å². The second kappa shape index (κ2) is 6.09. The Morgan fingerprint density at radius 2 is 1.90 bits per heavy atom. The number of benzene rings is 2. The minimum absolute atomic E-state index is 0.246. The fraction of sp³-hybridized carbons (Fsp3) is 0.0714. The monoisotopic (exact) mass is 384 g/mol. The summed E-state index contributed by atoms with van der Waals surface area (Å²) in [6, 6.07) is 11.1. The molecule has 0 amide bonds. The normalized spacial score (nSPS) is 12.1. The SMILES string of the molecule is S=C(Nc1ccc2c(c1)OCO2)Nc1ccc(Br)cc1Cl. The van der Waals surface area contributed by atoms with Gasteiger partial charge in [-0.3, -0.25) is 0 Å². The number of fused-ring (bicyclic) bond motifs is 1. The van der Waals surface area contributed by atoms with Crippen molar-refractivity contribution in [3.05, 3.63) is 45.9 Å². The molecule has 1 aliphatic rings. The third kappa shape index (κ3) is 3.40. The maximum atomic E-state index is 6.14. The van der Waals surface area contributed by atoms with Crippen molar-refractivity contribution < 1.29 is 9.47 Å². The van der Waals surface area contributed by atoms with Gasteiger partial charge in [0, 0.05) is 16.2 Å². The molecule has 0 aromatic heterocycles. The molecule has 21 heavy (non-hydrogen) atoms. The van der Waals surface area contributed by atoms with Crippen molar-refractivity contribution >= 4 is 56.2 Å². The molecule has 0 saturated heterocycles. The molecule has 0 spiro atoms. The number of ether oxygens (including phenoxy) is 2. The number of anilines is 2. The van der Waals surface area contributed by atoms with Crippen LogP contribution in [0, 0.1) is 0 Å². The summed E-state index contributed by atoms with van der Waals surface area (Å²) >= 11 is 14.8. The number of halogens is 2. The third-order valence-electron chi connectivity index (χ3n) is 2.81. The van der Waals surface area contributed by atoms with Crippen LogP contribution in [0.1, 0.15) is 0 Å². The zero-order valence-corrected chi connectivity index (χ0v) is 13.8. The van der Waals surface area contributed by atoms with Crippen LogP contribution < -0.4 is 20.1 Å². The molecule has 2 N–H and O–H groups in total. The van der Waals surface area contributed by atoms with Crippen LogP contribution in [0.2, 0.25) is 5.02 Å². The highest BCUT2D eigenvalue weighted by Gasteiger charge is 2.13. The average Bonchev–Trinajstić information content (AvgIpc) is 2.89. The van der Waals surface area contributed by atoms with Crippen molar-refractivity contribution in [3.63, 3.8) is 0 Å². The predicted octanol–water partition coefficient (Wildman–Crippen LogP) is 4.64. The van der Waals surface area contributed by atoms with Gasteiger partial charge in [-0.1, -0.05) is 27.5 Å². The first-order valence-corrected chi connectivity index (χ1v) is 7.62. The van der Waals surface area contributed by atoms with E-state index in [9.17, 15) is 0 Å². The van der Waals surface area contributed by atoms with Crippen molar-refractivity contribution in [2.75, 3.05) is 17.4 Å². The van der Waals surface area contributed by atoms with E-state index in [1.165, 1.54) is 0 Å². The smallest absolute Gasteiger partial charge is 0.231 e. The molecular formula is C14H10BrClN2O2S. The van der Waals surface area contributed by atoms with Gasteiger partial charge in [0.15, 0.2) is 16.6 Å². The van der Waals surface area contributed by atoms with Gasteiger partial charge in [0.05, 0.1) is 10.7 Å². The zero-order valence-electron chi connectivity index (χ0n) is 10.7. The first-order chi connectivity index (χ1) is 10.1. The Bertz CT molecular complexity index is 711. The lowest BCUT2D eigenvalue weighted by molar-refractivity contribution is 0.174. The van der Waals surface area contributed by atoms with E-state index in [2.05, 4.69) is 26.6 Å². The van der Waals surface area contributed by atoms with Crippen LogP contribution in [-0.2, 0) is 0 Å². The third-order valence-corrected chi connectivity index (χ3v) is 3.82. The molecule has 3 rings (SSSR count). The summed E-state index contributed by atoms with van der Waals surface area (Å²) in [5, 5.41) is 7.15. The molecule has 0 bridgehead atoms. The quantitative estimate of drug-likeness (QED) is 0.737. The standard InChI is InChI=1S/C14H10BrClN2O2S/c15-8-1-3-11(10(16)5-8)18-14(21)17-9-2-4-12-13(6-9)20-7-19-12/h1-6H,7H2,(H2,17,18,21). The van der Waals surface area contributed by atoms with Gasteiger partial charge in [-0.2, -0.15) is 0 Å². The van der Waals surface area contributed by atoms with Gasteiger partial charge >= 0.3 is 0 Å². The highest BCUT2D eigenvalue weighted by molar-refractivity contribution is 9.10. The molecule has 4 nitrogen and oxygen atoms in total. The minimum atomic E-state index is 0.246. The minimum Gasteiger partial charge on any atom is -0.454 e. The molecule has 1 heterocycles. The molecule has 2 aromatic carbocycles. The highest BCUT2D eigenvalue weighted by atomic mass is 79.9. The number of nitrogens with one attached hydrogen (secondary N) is 2. The maximum Gasteiger partial charge on any atom is 0.231 e. The Kier molecular flexibility index (Phi) is 4.19. The van der Waals surface area contributed by atoms with Crippen molar-refractivity contribution in [2.45, 2.75) is 0 Å². The van der Waals surface area contributed by atoms with E-state index >= 15 is 0 Å². The van der Waals surface area contributed by atoms with Crippen LogP contribution in [0.25, 0.3) is 0 Å². The van der Waals surface area contributed by atoms with E-state index in [0.29, 0.717) is 15.9 Å². The molecule has 0 unspecified atom stereocenters. The first-order valence-electron chi connectivity index (χ1n) is 6.04. The van der Waals surface area contributed by atoms with Crippen LogP contribution in [0.3, 0.4) is 0 Å². The highest BCUT2D eigenvalue weighted by Crippen LogP contribution is 2.34. The van der Waals surface area contributed by atoms with E-state index in [0.717, 1.165) is 21.6 Å². The fourth-order valence-corrected chi connectivity index (χ4v) is 2.80. The Balaban J connectivity index is 1.69. The van der Waals surface area contributed by atoms with Crippen molar-refractivity contribution in [2.24, 2.45) is 0 Å². The topological polar surface area (TPSA) is 42.5 Å². The van der Waals surface area contributed by atoms with E-state index in [1.54, 1.807) is 6.07 Å². The average molecular weight is 386 g/mol. The summed E-state index contributed by atoms with van der Waals surface area (Å²) < 4.78 is 11.5. The van der Waals surface area contributed by atoms with E-state index in [1.807, 2.05) is 30.3 Å². The molecule has 0 atom stereocenters. The van der Waals surface area contributed by atoms with Gasteiger partial charge < -0.3 is 20.1 Å². The van der Waals surface area contributed by atoms with Crippen LogP contribution in [0.15, 0.2) is 40.9 Å². The molecule has 0 fully saturated rings. The Hall–Kier alpha value is -1.50. The van der Waals surface area contributed by atoms with Crippen LogP contribution in [-0.4, -0.2) is 11.9 Å². The molecule has 0 aliphatic carbocycles. The molecule has 2 aromatic rings. The molecular weight excluding hydrogens is 376 g/mol. The van der Waals surface area contributed by atoms with Crippen LogP contribution in [0.4, 0.5) is 11.4 Å². The largest absolute Gasteiger partial charge is 0.454 e. The summed E-state index contributed by atoms with van der Waals surface area (Å²) in [7, 11) is 0. The molecule has 1 aliphatic heterocycles. The van der Waals surface area contributed by atoms with Gasteiger partial charge in [-0.05, 0) is 42.5 Å². The van der Waals surface area contributed by atoms with Gasteiger partial charge in [0.1, 0.15) is 0 Å².